The molecule has 1 fully saturated rings. The number of hydrogen-bond acceptors (Lipinski definition) is 5. The lowest BCUT2D eigenvalue weighted by Gasteiger charge is -2.37. The van der Waals surface area contributed by atoms with Crippen molar-refractivity contribution in [1.29, 1.82) is 0 Å². The summed E-state index contributed by atoms with van der Waals surface area (Å²) in [6.07, 6.45) is 0.0645. The van der Waals surface area contributed by atoms with Gasteiger partial charge < -0.3 is 30.3 Å². The Kier molecular flexibility index (Phi) is 8.48. The van der Waals surface area contributed by atoms with E-state index in [9.17, 15) is 14.0 Å². The second-order valence-electron chi connectivity index (χ2n) is 7.99. The predicted octanol–water partition coefficient (Wildman–Crippen LogP) is 3.28. The molecule has 8 nitrogen and oxygen atoms in total. The molecule has 1 heterocycles. The van der Waals surface area contributed by atoms with Crippen molar-refractivity contribution in [2.75, 3.05) is 36.5 Å². The van der Waals surface area contributed by atoms with Gasteiger partial charge in [0.25, 0.3) is 0 Å². The molecule has 2 unspecified atom stereocenters. The highest BCUT2D eigenvalue weighted by atomic mass is 19.1. The van der Waals surface area contributed by atoms with E-state index in [-0.39, 0.29) is 37.0 Å². The molecule has 178 valence electrons. The van der Waals surface area contributed by atoms with Crippen LogP contribution < -0.4 is 25.6 Å². The fourth-order valence-electron chi connectivity index (χ4n) is 3.70. The van der Waals surface area contributed by atoms with Crippen molar-refractivity contribution in [2.45, 2.75) is 39.5 Å². The maximum atomic E-state index is 14.7. The van der Waals surface area contributed by atoms with Gasteiger partial charge in [-0.2, -0.15) is 0 Å². The van der Waals surface area contributed by atoms with Crippen LogP contribution in [0.15, 0.2) is 42.5 Å². The van der Waals surface area contributed by atoms with Crippen molar-refractivity contribution in [3.05, 3.63) is 53.8 Å². The van der Waals surface area contributed by atoms with Gasteiger partial charge in [0.05, 0.1) is 31.0 Å². The largest absolute Gasteiger partial charge is 0.494 e. The van der Waals surface area contributed by atoms with Crippen molar-refractivity contribution in [3.8, 4) is 5.75 Å². The van der Waals surface area contributed by atoms with Crippen LogP contribution in [0.25, 0.3) is 0 Å². The number of morpholine rings is 1. The molecule has 33 heavy (non-hydrogen) atoms. The zero-order valence-corrected chi connectivity index (χ0v) is 19.2. The predicted molar refractivity (Wildman–Crippen MR) is 125 cm³/mol. The molecular formula is C24H31FN4O4. The second-order valence-corrected chi connectivity index (χ2v) is 7.99. The molecule has 1 saturated heterocycles. The molecule has 1 aliphatic rings. The maximum absolute atomic E-state index is 14.7. The number of carbonyl (C=O) groups is 2. The summed E-state index contributed by atoms with van der Waals surface area (Å²) in [5, 5.41) is 7.81. The maximum Gasteiger partial charge on any atom is 0.315 e. The highest BCUT2D eigenvalue weighted by Crippen LogP contribution is 2.24. The van der Waals surface area contributed by atoms with Crippen molar-refractivity contribution < 1.29 is 23.5 Å². The van der Waals surface area contributed by atoms with E-state index in [4.69, 9.17) is 9.47 Å². The van der Waals surface area contributed by atoms with Crippen LogP contribution in [0.2, 0.25) is 0 Å². The summed E-state index contributed by atoms with van der Waals surface area (Å²) in [5.41, 5.74) is 1.75. The van der Waals surface area contributed by atoms with Crippen molar-refractivity contribution >= 4 is 23.3 Å². The van der Waals surface area contributed by atoms with Crippen LogP contribution in [0.5, 0.6) is 5.75 Å². The minimum absolute atomic E-state index is 0.0322. The lowest BCUT2D eigenvalue weighted by Crippen LogP contribution is -2.45. The lowest BCUT2D eigenvalue weighted by atomic mass is 10.1. The normalized spacial score (nSPS) is 17.9. The first kappa shape index (κ1) is 24.3. The zero-order valence-electron chi connectivity index (χ0n) is 19.2. The van der Waals surface area contributed by atoms with Gasteiger partial charge in [0.1, 0.15) is 11.6 Å². The molecule has 0 radical (unpaired) electrons. The molecule has 0 aliphatic carbocycles. The minimum atomic E-state index is -0.517. The quantitative estimate of drug-likeness (QED) is 0.565. The van der Waals surface area contributed by atoms with Gasteiger partial charge >= 0.3 is 6.03 Å². The van der Waals surface area contributed by atoms with Crippen LogP contribution in [0, 0.1) is 5.82 Å². The number of ether oxygens (including phenoxy) is 2. The van der Waals surface area contributed by atoms with Crippen LogP contribution >= 0.6 is 0 Å². The summed E-state index contributed by atoms with van der Waals surface area (Å²) in [6.45, 7) is 7.59. The molecule has 1 aliphatic heterocycles. The number of rotatable bonds is 8. The number of anilines is 2. The number of halogens is 1. The van der Waals surface area contributed by atoms with Gasteiger partial charge in [-0.1, -0.05) is 6.07 Å². The Morgan fingerprint density at radius 1 is 1.09 bits per heavy atom. The van der Waals surface area contributed by atoms with E-state index < -0.39 is 6.03 Å². The summed E-state index contributed by atoms with van der Waals surface area (Å²) in [6, 6.07) is 11.4. The smallest absolute Gasteiger partial charge is 0.315 e. The molecule has 2 aromatic rings. The van der Waals surface area contributed by atoms with Crippen LogP contribution in [0.4, 0.5) is 20.6 Å². The Bertz CT molecular complexity index is 944. The molecule has 0 bridgehead atoms. The fraction of sp³-hybridized carbons (Fsp3) is 0.417. The van der Waals surface area contributed by atoms with Crippen molar-refractivity contribution in [3.63, 3.8) is 0 Å². The average Bonchev–Trinajstić information content (AvgIpc) is 2.77. The number of nitrogens with one attached hydrogen (secondary N) is 3. The molecular weight excluding hydrogens is 427 g/mol. The van der Waals surface area contributed by atoms with Crippen molar-refractivity contribution in [1.82, 2.24) is 10.6 Å². The summed E-state index contributed by atoms with van der Waals surface area (Å²) >= 11 is 0. The third-order valence-corrected chi connectivity index (χ3v) is 5.08. The molecule has 3 amide bonds. The number of benzene rings is 2. The topological polar surface area (TPSA) is 91.9 Å². The van der Waals surface area contributed by atoms with Gasteiger partial charge in [-0.15, -0.1) is 0 Å². The molecule has 2 aromatic carbocycles. The second kappa shape index (κ2) is 11.5. The Balaban J connectivity index is 1.42. The van der Waals surface area contributed by atoms with E-state index in [0.29, 0.717) is 42.4 Å². The highest BCUT2D eigenvalue weighted by Gasteiger charge is 2.24. The molecule has 9 heteroatoms. The van der Waals surface area contributed by atoms with Crippen LogP contribution in [-0.2, 0) is 16.1 Å². The first-order chi connectivity index (χ1) is 15.8. The third-order valence-electron chi connectivity index (χ3n) is 5.08. The number of urea groups is 1. The number of amides is 3. The van der Waals surface area contributed by atoms with Gasteiger partial charge in [-0.05, 0) is 62.7 Å². The van der Waals surface area contributed by atoms with E-state index in [1.165, 1.54) is 6.07 Å². The summed E-state index contributed by atoms with van der Waals surface area (Å²) in [4.78, 5) is 26.0. The van der Waals surface area contributed by atoms with E-state index in [2.05, 4.69) is 16.0 Å². The van der Waals surface area contributed by atoms with Crippen LogP contribution in [-0.4, -0.2) is 50.4 Å². The monoisotopic (exact) mass is 458 g/mol. The van der Waals surface area contributed by atoms with E-state index in [1.54, 1.807) is 36.4 Å². The highest BCUT2D eigenvalue weighted by molar-refractivity contribution is 5.94. The Morgan fingerprint density at radius 3 is 2.42 bits per heavy atom. The Hall–Kier alpha value is -3.33. The summed E-state index contributed by atoms with van der Waals surface area (Å²) in [7, 11) is 0. The Morgan fingerprint density at radius 2 is 1.79 bits per heavy atom. The summed E-state index contributed by atoms with van der Waals surface area (Å²) in [5.74, 6) is 0.0101. The van der Waals surface area contributed by atoms with E-state index in [1.807, 2.05) is 25.7 Å². The SMILES string of the molecule is CCOc1ccc(NC(=O)CNC(=O)NCc2ccc(N3CC(C)OC(C)C3)c(F)c2)cc1. The first-order valence-corrected chi connectivity index (χ1v) is 11.1. The zero-order chi connectivity index (χ0) is 23.8. The van der Waals surface area contributed by atoms with Gasteiger partial charge in [-0.25, -0.2) is 9.18 Å². The number of nitrogens with zero attached hydrogens (tertiary/aromatic N) is 1. The molecule has 0 spiro atoms. The molecule has 2 atom stereocenters. The van der Waals surface area contributed by atoms with E-state index in [0.717, 1.165) is 0 Å². The minimum Gasteiger partial charge on any atom is -0.494 e. The molecule has 0 saturated carbocycles. The first-order valence-electron chi connectivity index (χ1n) is 11.1. The Labute approximate surface area is 193 Å². The summed E-state index contributed by atoms with van der Waals surface area (Å²) < 4.78 is 25.7. The van der Waals surface area contributed by atoms with Gasteiger partial charge in [0.15, 0.2) is 0 Å². The fourth-order valence-corrected chi connectivity index (χ4v) is 3.70. The van der Waals surface area contributed by atoms with Gasteiger partial charge in [0, 0.05) is 25.3 Å². The average molecular weight is 459 g/mol. The van der Waals surface area contributed by atoms with Crippen LogP contribution in [0.1, 0.15) is 26.3 Å². The van der Waals surface area contributed by atoms with Gasteiger partial charge in [-0.3, -0.25) is 4.79 Å². The molecule has 0 aromatic heterocycles. The van der Waals surface area contributed by atoms with Gasteiger partial charge in [0.2, 0.25) is 5.91 Å². The van der Waals surface area contributed by atoms with Crippen LogP contribution in [0.3, 0.4) is 0 Å². The lowest BCUT2D eigenvalue weighted by molar-refractivity contribution is -0.115. The molecule has 3 rings (SSSR count). The standard InChI is InChI=1S/C24H31FN4O4/c1-4-32-20-8-6-19(7-9-20)28-23(30)13-27-24(31)26-12-18-5-10-22(21(25)11-18)29-14-16(2)33-17(3)15-29/h5-11,16-17H,4,12-15H2,1-3H3,(H,28,30)(H2,26,27,31). The third kappa shape index (κ3) is 7.35. The number of hydrogen-bond donors (Lipinski definition) is 3. The molecule has 3 N–H and O–H groups in total. The van der Waals surface area contributed by atoms with Crippen molar-refractivity contribution in [2.24, 2.45) is 0 Å². The van der Waals surface area contributed by atoms with E-state index >= 15 is 0 Å². The number of carbonyl (C=O) groups excluding carboxylic acids is 2.